The molecule has 0 fully saturated rings. The summed E-state index contributed by atoms with van der Waals surface area (Å²) in [6.07, 6.45) is 0. The van der Waals surface area contributed by atoms with Gasteiger partial charge in [-0.25, -0.2) is 9.97 Å². The number of benzene rings is 6. The predicted octanol–water partition coefficient (Wildman–Crippen LogP) is 9.41. The summed E-state index contributed by atoms with van der Waals surface area (Å²) in [7, 11) is 0. The highest BCUT2D eigenvalue weighted by molar-refractivity contribution is 6.26. The van der Waals surface area contributed by atoms with Crippen LogP contribution in [0.25, 0.3) is 88.9 Å². The highest BCUT2D eigenvalue weighted by atomic mass is 15.2. The van der Waals surface area contributed by atoms with Crippen molar-refractivity contribution in [1.82, 2.24) is 28.9 Å². The van der Waals surface area contributed by atoms with E-state index in [1.807, 2.05) is 60.7 Å². The normalized spacial score (nSPS) is 11.9. The number of rotatable bonds is 3. The zero-order valence-electron chi connectivity index (χ0n) is 24.5. The van der Waals surface area contributed by atoms with E-state index in [2.05, 4.69) is 93.9 Å². The smallest absolute Gasteiger partial charge is 0.238 e. The molecule has 0 spiro atoms. The minimum absolute atomic E-state index is 0.575. The van der Waals surface area contributed by atoms with Gasteiger partial charge in [0.25, 0.3) is 0 Å². The Morgan fingerprint density at radius 2 is 0.978 bits per heavy atom. The fourth-order valence-electron chi connectivity index (χ4n) is 6.95. The van der Waals surface area contributed by atoms with Gasteiger partial charge in [0.1, 0.15) is 5.65 Å². The lowest BCUT2D eigenvalue weighted by atomic mass is 10.0. The maximum atomic E-state index is 5.16. The van der Waals surface area contributed by atoms with E-state index in [-0.39, 0.29) is 0 Å². The molecule has 0 saturated carbocycles. The van der Waals surface area contributed by atoms with E-state index >= 15 is 0 Å². The second-order valence-corrected chi connectivity index (χ2v) is 11.5. The molecule has 0 N–H and O–H groups in total. The van der Waals surface area contributed by atoms with Gasteiger partial charge in [0.15, 0.2) is 11.6 Å². The number of pyridine rings is 1. The van der Waals surface area contributed by atoms with Crippen molar-refractivity contribution in [2.45, 2.75) is 0 Å². The Morgan fingerprint density at radius 3 is 1.70 bits per heavy atom. The molecule has 4 heterocycles. The van der Waals surface area contributed by atoms with E-state index in [0.29, 0.717) is 17.6 Å². The van der Waals surface area contributed by atoms with Crippen molar-refractivity contribution in [2.75, 3.05) is 0 Å². The molecule has 0 aliphatic rings. The molecule has 0 atom stereocenters. The minimum Gasteiger partial charge on any atom is -0.291 e. The van der Waals surface area contributed by atoms with Gasteiger partial charge in [-0.05, 0) is 29.7 Å². The number of hydrogen-bond donors (Lipinski definition) is 0. The maximum absolute atomic E-state index is 5.16. The first-order valence-electron chi connectivity index (χ1n) is 15.3. The van der Waals surface area contributed by atoms with Gasteiger partial charge in [0.05, 0.1) is 27.6 Å². The largest absolute Gasteiger partial charge is 0.291 e. The van der Waals surface area contributed by atoms with Crippen molar-refractivity contribution in [3.8, 4) is 28.7 Å². The SMILES string of the molecule is c1ccc(-c2nc(-c3ccccc3)nc(-n3c4ccccc4c4c3ccc3c5ccccc5c5nc6ccccc6n5c34)n2)cc1. The van der Waals surface area contributed by atoms with Crippen molar-refractivity contribution < 1.29 is 0 Å². The van der Waals surface area contributed by atoms with Crippen LogP contribution in [0.2, 0.25) is 0 Å². The molecular formula is C40H24N6. The first kappa shape index (κ1) is 25.0. The first-order chi connectivity index (χ1) is 22.8. The molecule has 0 amide bonds. The standard InChI is InChI=1S/C40H24N6/c1-3-13-25(14-4-1)37-42-38(26-15-5-2-6-16-26)44-40(43-37)45-32-21-11-9-19-30(32)35-34(45)24-23-28-27-17-7-8-18-29(27)39-41-31-20-10-12-22-33(31)46(39)36(28)35/h1-24H. The third kappa shape index (κ3) is 3.52. The van der Waals surface area contributed by atoms with Crippen LogP contribution in [0, 0.1) is 0 Å². The minimum atomic E-state index is 0.575. The van der Waals surface area contributed by atoms with Crippen LogP contribution in [-0.4, -0.2) is 28.9 Å². The Labute approximate surface area is 262 Å². The number of nitrogens with zero attached hydrogens (tertiary/aromatic N) is 6. The summed E-state index contributed by atoms with van der Waals surface area (Å²) in [5, 5.41) is 5.74. The quantitative estimate of drug-likeness (QED) is 0.193. The summed E-state index contributed by atoms with van der Waals surface area (Å²) < 4.78 is 4.52. The Kier molecular flexibility index (Phi) is 5.19. The summed E-state index contributed by atoms with van der Waals surface area (Å²) in [6, 6.07) is 50.2. The third-order valence-electron chi connectivity index (χ3n) is 8.94. The van der Waals surface area contributed by atoms with Crippen LogP contribution in [0.1, 0.15) is 0 Å². The molecule has 46 heavy (non-hydrogen) atoms. The first-order valence-corrected chi connectivity index (χ1v) is 15.3. The Morgan fingerprint density at radius 1 is 0.391 bits per heavy atom. The summed E-state index contributed by atoms with van der Waals surface area (Å²) in [4.78, 5) is 20.4. The molecule has 6 heteroatoms. The molecule has 0 bridgehead atoms. The topological polar surface area (TPSA) is 60.9 Å². The Hall–Kier alpha value is -6.40. The summed E-state index contributed by atoms with van der Waals surface area (Å²) >= 11 is 0. The van der Waals surface area contributed by atoms with Gasteiger partial charge in [0, 0.05) is 32.7 Å². The van der Waals surface area contributed by atoms with Crippen molar-refractivity contribution >= 4 is 60.2 Å². The molecule has 6 aromatic carbocycles. The summed E-state index contributed by atoms with van der Waals surface area (Å²) in [5.74, 6) is 1.83. The maximum Gasteiger partial charge on any atom is 0.238 e. The van der Waals surface area contributed by atoms with E-state index in [0.717, 1.165) is 60.5 Å². The number of aromatic nitrogens is 6. The van der Waals surface area contributed by atoms with Crippen LogP contribution in [0.4, 0.5) is 0 Å². The van der Waals surface area contributed by atoms with E-state index in [4.69, 9.17) is 19.9 Å². The van der Waals surface area contributed by atoms with E-state index in [9.17, 15) is 0 Å². The molecule has 0 aliphatic heterocycles. The number of fused-ring (bicyclic) bond motifs is 12. The van der Waals surface area contributed by atoms with Gasteiger partial charge in [-0.1, -0.05) is 121 Å². The number of hydrogen-bond acceptors (Lipinski definition) is 4. The fourth-order valence-corrected chi connectivity index (χ4v) is 6.95. The third-order valence-corrected chi connectivity index (χ3v) is 8.94. The molecule has 0 radical (unpaired) electrons. The zero-order chi connectivity index (χ0) is 30.2. The van der Waals surface area contributed by atoms with Gasteiger partial charge in [-0.3, -0.25) is 8.97 Å². The van der Waals surface area contributed by atoms with Crippen LogP contribution in [0.15, 0.2) is 146 Å². The number of para-hydroxylation sites is 3. The van der Waals surface area contributed by atoms with Gasteiger partial charge in [-0.15, -0.1) is 0 Å². The van der Waals surface area contributed by atoms with Gasteiger partial charge in [-0.2, -0.15) is 9.97 Å². The molecule has 10 aromatic rings. The molecule has 214 valence electrons. The molecule has 0 saturated heterocycles. The van der Waals surface area contributed by atoms with Gasteiger partial charge in [0.2, 0.25) is 5.95 Å². The van der Waals surface area contributed by atoms with E-state index in [1.165, 1.54) is 10.8 Å². The molecule has 0 unspecified atom stereocenters. The van der Waals surface area contributed by atoms with Crippen LogP contribution in [-0.2, 0) is 0 Å². The van der Waals surface area contributed by atoms with Crippen molar-refractivity contribution in [1.29, 1.82) is 0 Å². The molecule has 6 nitrogen and oxygen atoms in total. The zero-order valence-corrected chi connectivity index (χ0v) is 24.5. The molecule has 0 aliphatic carbocycles. The fraction of sp³-hybridized carbons (Fsp3) is 0. The second kappa shape index (κ2) is 9.55. The number of imidazole rings is 1. The lowest BCUT2D eigenvalue weighted by Crippen LogP contribution is -2.06. The van der Waals surface area contributed by atoms with Crippen LogP contribution < -0.4 is 0 Å². The van der Waals surface area contributed by atoms with Gasteiger partial charge >= 0.3 is 0 Å². The van der Waals surface area contributed by atoms with Crippen molar-refractivity contribution in [2.24, 2.45) is 0 Å². The van der Waals surface area contributed by atoms with E-state index in [1.54, 1.807) is 0 Å². The molecule has 4 aromatic heterocycles. The van der Waals surface area contributed by atoms with E-state index < -0.39 is 0 Å². The van der Waals surface area contributed by atoms with Gasteiger partial charge < -0.3 is 0 Å². The van der Waals surface area contributed by atoms with Crippen LogP contribution in [0.5, 0.6) is 0 Å². The average molecular weight is 589 g/mol. The average Bonchev–Trinajstić information content (AvgIpc) is 3.69. The lowest BCUT2D eigenvalue weighted by Gasteiger charge is -2.12. The van der Waals surface area contributed by atoms with Crippen LogP contribution in [0.3, 0.4) is 0 Å². The molecular weight excluding hydrogens is 564 g/mol. The second-order valence-electron chi connectivity index (χ2n) is 11.5. The Balaban J connectivity index is 1.39. The lowest BCUT2D eigenvalue weighted by molar-refractivity contribution is 0.953. The summed E-state index contributed by atoms with van der Waals surface area (Å²) in [6.45, 7) is 0. The highest BCUT2D eigenvalue weighted by Gasteiger charge is 2.22. The Bertz CT molecular complexity index is 2740. The molecule has 10 rings (SSSR count). The van der Waals surface area contributed by atoms with Crippen LogP contribution >= 0.6 is 0 Å². The summed E-state index contributed by atoms with van der Waals surface area (Å²) in [5.41, 5.74) is 8.04. The van der Waals surface area contributed by atoms with Crippen molar-refractivity contribution in [3.05, 3.63) is 146 Å². The predicted molar refractivity (Wildman–Crippen MR) is 186 cm³/mol. The van der Waals surface area contributed by atoms with Crippen molar-refractivity contribution in [3.63, 3.8) is 0 Å². The highest BCUT2D eigenvalue weighted by Crippen LogP contribution is 2.41. The monoisotopic (exact) mass is 588 g/mol.